The van der Waals surface area contributed by atoms with E-state index >= 15 is 0 Å². The first-order valence-electron chi connectivity index (χ1n) is 8.86. The standard InChI is InChI=1S/C19H21N3O4S2/c1-10-5-7-13(14(8-10)22(24)25)20-19(27)21-17-16(18(23)26-3)12-6-4-11(2)9-15(12)28-17/h5,7-8,11H,4,6,9H2,1-3H3,(H2,20,21,27). The molecule has 9 heteroatoms. The number of hydrogen-bond acceptors (Lipinski definition) is 6. The predicted octanol–water partition coefficient (Wildman–Crippen LogP) is 4.69. The van der Waals surface area contributed by atoms with E-state index < -0.39 is 10.9 Å². The number of nitro benzene ring substituents is 1. The Morgan fingerprint density at radius 2 is 2.14 bits per heavy atom. The summed E-state index contributed by atoms with van der Waals surface area (Å²) in [6, 6.07) is 4.86. The number of anilines is 2. The van der Waals surface area contributed by atoms with Crippen LogP contribution in [-0.4, -0.2) is 23.1 Å². The molecule has 0 spiro atoms. The number of benzene rings is 1. The van der Waals surface area contributed by atoms with Gasteiger partial charge in [0.1, 0.15) is 10.7 Å². The summed E-state index contributed by atoms with van der Waals surface area (Å²) < 4.78 is 4.97. The van der Waals surface area contributed by atoms with Gasteiger partial charge in [-0.15, -0.1) is 11.3 Å². The maximum Gasteiger partial charge on any atom is 0.341 e. The van der Waals surface area contributed by atoms with Gasteiger partial charge in [0, 0.05) is 10.9 Å². The second-order valence-corrected chi connectivity index (χ2v) is 8.42. The average molecular weight is 420 g/mol. The quantitative estimate of drug-likeness (QED) is 0.321. The number of nitrogens with zero attached hydrogens (tertiary/aromatic N) is 1. The van der Waals surface area contributed by atoms with Crippen LogP contribution in [0.15, 0.2) is 18.2 Å². The highest BCUT2D eigenvalue weighted by Gasteiger charge is 2.28. The lowest BCUT2D eigenvalue weighted by molar-refractivity contribution is -0.383. The Kier molecular flexibility index (Phi) is 5.95. The van der Waals surface area contributed by atoms with Gasteiger partial charge < -0.3 is 15.4 Å². The maximum atomic E-state index is 12.4. The van der Waals surface area contributed by atoms with Gasteiger partial charge in [-0.05, 0) is 61.5 Å². The molecule has 0 aliphatic heterocycles. The first-order valence-corrected chi connectivity index (χ1v) is 10.1. The van der Waals surface area contributed by atoms with Crippen LogP contribution < -0.4 is 10.6 Å². The number of thiocarbonyl (C=S) groups is 1. The zero-order valence-corrected chi connectivity index (χ0v) is 17.5. The van der Waals surface area contributed by atoms with Gasteiger partial charge in [0.25, 0.3) is 5.69 Å². The molecule has 0 saturated heterocycles. The number of thiophene rings is 1. The highest BCUT2D eigenvalue weighted by atomic mass is 32.1. The number of aryl methyl sites for hydroxylation is 1. The number of rotatable bonds is 4. The Balaban J connectivity index is 1.87. The summed E-state index contributed by atoms with van der Waals surface area (Å²) in [5.41, 5.74) is 2.54. The van der Waals surface area contributed by atoms with E-state index in [9.17, 15) is 14.9 Å². The Morgan fingerprint density at radius 3 is 2.82 bits per heavy atom. The monoisotopic (exact) mass is 419 g/mol. The van der Waals surface area contributed by atoms with Crippen molar-refractivity contribution in [2.24, 2.45) is 5.92 Å². The molecule has 1 aromatic heterocycles. The lowest BCUT2D eigenvalue weighted by atomic mass is 9.88. The second-order valence-electron chi connectivity index (χ2n) is 6.90. The van der Waals surface area contributed by atoms with Crippen LogP contribution in [0.3, 0.4) is 0 Å². The number of nitrogens with one attached hydrogen (secondary N) is 2. The normalized spacial score (nSPS) is 15.5. The molecule has 2 N–H and O–H groups in total. The minimum atomic E-state index is -0.455. The van der Waals surface area contributed by atoms with Crippen molar-refractivity contribution in [2.75, 3.05) is 17.7 Å². The topological polar surface area (TPSA) is 93.5 Å². The molecule has 7 nitrogen and oxygen atoms in total. The van der Waals surface area contributed by atoms with E-state index in [1.54, 1.807) is 19.1 Å². The first kappa shape index (κ1) is 20.2. The molecule has 1 aromatic carbocycles. The van der Waals surface area contributed by atoms with E-state index in [2.05, 4.69) is 17.6 Å². The molecule has 0 fully saturated rings. The second kappa shape index (κ2) is 8.24. The highest BCUT2D eigenvalue weighted by molar-refractivity contribution is 7.80. The van der Waals surface area contributed by atoms with E-state index in [0.29, 0.717) is 22.2 Å². The molecule has 1 aliphatic carbocycles. The van der Waals surface area contributed by atoms with E-state index in [-0.39, 0.29) is 10.8 Å². The fourth-order valence-electron chi connectivity index (χ4n) is 3.31. The number of hydrogen-bond donors (Lipinski definition) is 2. The van der Waals surface area contributed by atoms with Crippen LogP contribution in [0.2, 0.25) is 0 Å². The van der Waals surface area contributed by atoms with Crippen LogP contribution in [-0.2, 0) is 17.6 Å². The van der Waals surface area contributed by atoms with Crippen molar-refractivity contribution in [3.05, 3.63) is 49.9 Å². The molecule has 1 unspecified atom stereocenters. The Morgan fingerprint density at radius 1 is 1.39 bits per heavy atom. The third-order valence-electron chi connectivity index (χ3n) is 4.73. The molecule has 148 valence electrons. The van der Waals surface area contributed by atoms with Crippen LogP contribution in [0.1, 0.15) is 39.7 Å². The summed E-state index contributed by atoms with van der Waals surface area (Å²) in [6.07, 6.45) is 2.75. The Labute approximate surface area is 172 Å². The summed E-state index contributed by atoms with van der Waals surface area (Å²) >= 11 is 6.84. The molecule has 1 aliphatic rings. The van der Waals surface area contributed by atoms with E-state index in [4.69, 9.17) is 17.0 Å². The molecule has 0 radical (unpaired) electrons. The number of fused-ring (bicyclic) bond motifs is 1. The van der Waals surface area contributed by atoms with Crippen LogP contribution in [0, 0.1) is 23.0 Å². The van der Waals surface area contributed by atoms with Gasteiger partial charge in [-0.25, -0.2) is 4.79 Å². The summed E-state index contributed by atoms with van der Waals surface area (Å²) in [4.78, 5) is 24.4. The molecule has 3 rings (SSSR count). The third-order valence-corrected chi connectivity index (χ3v) is 6.10. The molecule has 0 amide bonds. The SMILES string of the molecule is COC(=O)c1c(NC(=S)Nc2ccc(C)cc2[N+](=O)[O-])sc2c1CCC(C)C2. The van der Waals surface area contributed by atoms with Crippen molar-refractivity contribution in [1.29, 1.82) is 0 Å². The van der Waals surface area contributed by atoms with Gasteiger partial charge >= 0.3 is 5.97 Å². The van der Waals surface area contributed by atoms with Crippen molar-refractivity contribution in [3.8, 4) is 0 Å². The minimum absolute atomic E-state index is 0.0587. The molecule has 0 bridgehead atoms. The fraction of sp³-hybridized carbons (Fsp3) is 0.368. The lowest BCUT2D eigenvalue weighted by Gasteiger charge is -2.18. The van der Waals surface area contributed by atoms with Crippen molar-refractivity contribution >= 4 is 51.0 Å². The van der Waals surface area contributed by atoms with Crippen LogP contribution in [0.5, 0.6) is 0 Å². The summed E-state index contributed by atoms with van der Waals surface area (Å²) in [6.45, 7) is 3.98. The van der Waals surface area contributed by atoms with E-state index in [0.717, 1.165) is 35.3 Å². The number of methoxy groups -OCH3 is 1. The summed E-state index contributed by atoms with van der Waals surface area (Å²) in [7, 11) is 1.36. The predicted molar refractivity (Wildman–Crippen MR) is 115 cm³/mol. The van der Waals surface area contributed by atoms with Crippen LogP contribution in [0.4, 0.5) is 16.4 Å². The lowest BCUT2D eigenvalue weighted by Crippen LogP contribution is -2.21. The average Bonchev–Trinajstić information content (AvgIpc) is 2.98. The number of carbonyl (C=O) groups excluding carboxylic acids is 1. The molecule has 1 atom stereocenters. The molecule has 1 heterocycles. The van der Waals surface area contributed by atoms with Gasteiger partial charge in [-0.1, -0.05) is 13.0 Å². The number of esters is 1. The van der Waals surface area contributed by atoms with E-state index in [1.165, 1.54) is 24.5 Å². The maximum absolute atomic E-state index is 12.4. The Bertz CT molecular complexity index is 955. The van der Waals surface area contributed by atoms with Gasteiger partial charge in [0.15, 0.2) is 5.11 Å². The smallest absolute Gasteiger partial charge is 0.341 e. The minimum Gasteiger partial charge on any atom is -0.465 e. The number of nitro groups is 1. The molecule has 28 heavy (non-hydrogen) atoms. The first-order chi connectivity index (χ1) is 13.3. The van der Waals surface area contributed by atoms with Gasteiger partial charge in [0.2, 0.25) is 0 Å². The molecule has 2 aromatic rings. The van der Waals surface area contributed by atoms with Crippen molar-refractivity contribution in [1.82, 2.24) is 0 Å². The largest absolute Gasteiger partial charge is 0.465 e. The van der Waals surface area contributed by atoms with Gasteiger partial charge in [-0.3, -0.25) is 10.1 Å². The number of carbonyl (C=O) groups is 1. The summed E-state index contributed by atoms with van der Waals surface area (Å²) in [5, 5.41) is 18.0. The van der Waals surface area contributed by atoms with Crippen molar-refractivity contribution < 1.29 is 14.5 Å². The fourth-order valence-corrected chi connectivity index (χ4v) is 4.99. The molecular weight excluding hydrogens is 398 g/mol. The van der Waals surface area contributed by atoms with Crippen LogP contribution >= 0.6 is 23.6 Å². The zero-order chi connectivity index (χ0) is 20.4. The number of ether oxygens (including phenoxy) is 1. The Hall–Kier alpha value is -2.52. The van der Waals surface area contributed by atoms with Crippen molar-refractivity contribution in [3.63, 3.8) is 0 Å². The van der Waals surface area contributed by atoms with E-state index in [1.807, 2.05) is 0 Å². The molecular formula is C19H21N3O4S2. The van der Waals surface area contributed by atoms with Gasteiger partial charge in [0.05, 0.1) is 17.6 Å². The molecule has 0 saturated carbocycles. The van der Waals surface area contributed by atoms with Crippen molar-refractivity contribution in [2.45, 2.75) is 33.1 Å². The summed E-state index contributed by atoms with van der Waals surface area (Å²) in [5.74, 6) is 0.156. The third kappa shape index (κ3) is 4.15. The zero-order valence-electron chi connectivity index (χ0n) is 15.8. The van der Waals surface area contributed by atoms with Gasteiger partial charge in [-0.2, -0.15) is 0 Å². The van der Waals surface area contributed by atoms with Crippen LogP contribution in [0.25, 0.3) is 0 Å². The highest BCUT2D eigenvalue weighted by Crippen LogP contribution is 2.40.